The molecule has 1 aromatic carbocycles. The first-order chi connectivity index (χ1) is 16.7. The Labute approximate surface area is 218 Å². The van der Waals surface area contributed by atoms with Crippen molar-refractivity contribution in [2.45, 2.75) is 38.7 Å². The standard InChI is InChI=1S/C26H37Cl2N3O4/c1-26(19-35-2)10-3-11-29(18-26)17-21(32)8-12-30-14-15-31(13-9-25(30)34)24(33)7-5-20-4-6-22(27)23(28)16-20/h4-7,16,21,32H,3,8-15,17-19H2,1-2H3/b7-5+. The number of piperidine rings is 1. The SMILES string of the molecule is COCC1(C)CCCN(CC(O)CCN2CCN(C(=O)/C=C/c3ccc(Cl)c(Cl)c3)CCC2=O)C1. The maximum Gasteiger partial charge on any atom is 0.246 e. The van der Waals surface area contributed by atoms with Crippen LogP contribution >= 0.6 is 23.2 Å². The number of amides is 2. The van der Waals surface area contributed by atoms with Crippen LogP contribution in [0.3, 0.4) is 0 Å². The molecule has 1 aromatic rings. The van der Waals surface area contributed by atoms with E-state index >= 15 is 0 Å². The van der Waals surface area contributed by atoms with Crippen LogP contribution in [0.25, 0.3) is 6.08 Å². The molecule has 2 fully saturated rings. The van der Waals surface area contributed by atoms with Crippen molar-refractivity contribution in [1.82, 2.24) is 14.7 Å². The molecule has 0 spiro atoms. The van der Waals surface area contributed by atoms with Gasteiger partial charge < -0.3 is 24.5 Å². The van der Waals surface area contributed by atoms with E-state index in [2.05, 4.69) is 11.8 Å². The van der Waals surface area contributed by atoms with Gasteiger partial charge in [0.1, 0.15) is 0 Å². The summed E-state index contributed by atoms with van der Waals surface area (Å²) < 4.78 is 5.38. The lowest BCUT2D eigenvalue weighted by molar-refractivity contribution is -0.130. The second kappa shape index (κ2) is 13.1. The molecule has 0 aromatic heterocycles. The van der Waals surface area contributed by atoms with Crippen molar-refractivity contribution in [2.24, 2.45) is 5.41 Å². The van der Waals surface area contributed by atoms with E-state index in [1.165, 1.54) is 6.08 Å². The van der Waals surface area contributed by atoms with Crippen LogP contribution in [0.2, 0.25) is 10.0 Å². The largest absolute Gasteiger partial charge is 0.392 e. The van der Waals surface area contributed by atoms with Crippen LogP contribution in [0, 0.1) is 5.41 Å². The summed E-state index contributed by atoms with van der Waals surface area (Å²) in [5, 5.41) is 11.5. The van der Waals surface area contributed by atoms with E-state index in [4.69, 9.17) is 27.9 Å². The first-order valence-electron chi connectivity index (χ1n) is 12.3. The Morgan fingerprint density at radius 2 is 2.03 bits per heavy atom. The van der Waals surface area contributed by atoms with Crippen LogP contribution in [0.15, 0.2) is 24.3 Å². The number of carbonyl (C=O) groups is 2. The molecular formula is C26H37Cl2N3O4. The lowest BCUT2D eigenvalue weighted by Crippen LogP contribution is -2.47. The van der Waals surface area contributed by atoms with E-state index in [0.717, 1.165) is 38.1 Å². The Balaban J connectivity index is 1.45. The highest BCUT2D eigenvalue weighted by Crippen LogP contribution is 2.29. The first kappa shape index (κ1) is 27.9. The highest BCUT2D eigenvalue weighted by molar-refractivity contribution is 6.42. The van der Waals surface area contributed by atoms with E-state index in [0.29, 0.717) is 49.2 Å². The number of carbonyl (C=O) groups excluding carboxylic acids is 2. The summed E-state index contributed by atoms with van der Waals surface area (Å²) in [6.45, 7) is 7.25. The summed E-state index contributed by atoms with van der Waals surface area (Å²) in [4.78, 5) is 31.1. The monoisotopic (exact) mass is 525 g/mol. The van der Waals surface area contributed by atoms with Crippen LogP contribution in [-0.4, -0.2) is 97.3 Å². The second-order valence-electron chi connectivity index (χ2n) is 9.99. The van der Waals surface area contributed by atoms with Gasteiger partial charge in [-0.05, 0) is 49.6 Å². The number of halogens is 2. The minimum absolute atomic E-state index is 0.0200. The number of aliphatic hydroxyl groups is 1. The van der Waals surface area contributed by atoms with Gasteiger partial charge in [-0.2, -0.15) is 0 Å². The Bertz CT molecular complexity index is 909. The summed E-state index contributed by atoms with van der Waals surface area (Å²) in [5.41, 5.74) is 0.906. The van der Waals surface area contributed by atoms with Crippen molar-refractivity contribution >= 4 is 41.1 Å². The number of rotatable bonds is 9. The molecule has 7 nitrogen and oxygen atoms in total. The Morgan fingerprint density at radius 3 is 2.77 bits per heavy atom. The number of hydrogen-bond acceptors (Lipinski definition) is 5. The Hall–Kier alpha value is -1.64. The fraction of sp³-hybridized carbons (Fsp3) is 0.615. The summed E-state index contributed by atoms with van der Waals surface area (Å²) >= 11 is 12.0. The fourth-order valence-electron chi connectivity index (χ4n) is 4.96. The number of aliphatic hydroxyl groups excluding tert-OH is 1. The van der Waals surface area contributed by atoms with Crippen molar-refractivity contribution in [1.29, 1.82) is 0 Å². The topological polar surface area (TPSA) is 73.3 Å². The van der Waals surface area contributed by atoms with E-state index < -0.39 is 6.10 Å². The molecular weight excluding hydrogens is 489 g/mol. The van der Waals surface area contributed by atoms with Crippen LogP contribution < -0.4 is 0 Å². The minimum atomic E-state index is -0.497. The fourth-order valence-corrected chi connectivity index (χ4v) is 5.26. The van der Waals surface area contributed by atoms with Gasteiger partial charge in [0.15, 0.2) is 0 Å². The molecule has 2 aliphatic heterocycles. The molecule has 2 saturated heterocycles. The lowest BCUT2D eigenvalue weighted by Gasteiger charge is -2.40. The van der Waals surface area contributed by atoms with Crippen LogP contribution in [-0.2, 0) is 14.3 Å². The smallest absolute Gasteiger partial charge is 0.246 e. The van der Waals surface area contributed by atoms with E-state index in [-0.39, 0.29) is 23.7 Å². The summed E-state index contributed by atoms with van der Waals surface area (Å²) in [7, 11) is 1.73. The average Bonchev–Trinajstić information content (AvgIpc) is 2.99. The maximum atomic E-state index is 12.7. The molecule has 9 heteroatoms. The average molecular weight is 527 g/mol. The number of likely N-dealkylation sites (tertiary alicyclic amines) is 1. The molecule has 35 heavy (non-hydrogen) atoms. The molecule has 2 aliphatic rings. The lowest BCUT2D eigenvalue weighted by atomic mass is 9.82. The summed E-state index contributed by atoms with van der Waals surface area (Å²) in [5.74, 6) is -0.124. The molecule has 3 rings (SSSR count). The Kier molecular flexibility index (Phi) is 10.4. The van der Waals surface area contributed by atoms with Crippen LogP contribution in [0.5, 0.6) is 0 Å². The molecule has 194 valence electrons. The molecule has 2 unspecified atom stereocenters. The molecule has 0 saturated carbocycles. The summed E-state index contributed by atoms with van der Waals surface area (Å²) in [6.07, 6.45) is 5.73. The van der Waals surface area contributed by atoms with Gasteiger partial charge in [0.2, 0.25) is 11.8 Å². The number of hydrogen-bond donors (Lipinski definition) is 1. The van der Waals surface area contributed by atoms with Gasteiger partial charge in [0.25, 0.3) is 0 Å². The first-order valence-corrected chi connectivity index (χ1v) is 13.0. The van der Waals surface area contributed by atoms with E-state index in [9.17, 15) is 14.7 Å². The number of β-amino-alcohol motifs (C(OH)–C–C–N with tert-alkyl or cyclic N) is 1. The summed E-state index contributed by atoms with van der Waals surface area (Å²) in [6, 6.07) is 5.18. The van der Waals surface area contributed by atoms with Crippen molar-refractivity contribution < 1.29 is 19.4 Å². The van der Waals surface area contributed by atoms with Crippen molar-refractivity contribution in [3.8, 4) is 0 Å². The van der Waals surface area contributed by atoms with Gasteiger partial charge in [0.05, 0.1) is 22.8 Å². The third kappa shape index (κ3) is 8.46. The van der Waals surface area contributed by atoms with Gasteiger partial charge in [0, 0.05) is 64.3 Å². The Morgan fingerprint density at radius 1 is 1.23 bits per heavy atom. The normalized spacial score (nSPS) is 23.1. The quantitative estimate of drug-likeness (QED) is 0.499. The van der Waals surface area contributed by atoms with Gasteiger partial charge in [-0.25, -0.2) is 0 Å². The van der Waals surface area contributed by atoms with E-state index in [1.54, 1.807) is 41.2 Å². The zero-order chi connectivity index (χ0) is 25.4. The van der Waals surface area contributed by atoms with Gasteiger partial charge in [-0.15, -0.1) is 0 Å². The number of ether oxygens (including phenoxy) is 1. The van der Waals surface area contributed by atoms with Gasteiger partial charge >= 0.3 is 0 Å². The number of methoxy groups -OCH3 is 1. The third-order valence-electron chi connectivity index (χ3n) is 6.82. The number of benzene rings is 1. The third-order valence-corrected chi connectivity index (χ3v) is 7.55. The second-order valence-corrected chi connectivity index (χ2v) is 10.8. The minimum Gasteiger partial charge on any atom is -0.392 e. The van der Waals surface area contributed by atoms with Crippen molar-refractivity contribution in [2.75, 3.05) is 59.5 Å². The zero-order valence-electron chi connectivity index (χ0n) is 20.7. The molecule has 2 atom stereocenters. The molecule has 1 N–H and O–H groups in total. The predicted octanol–water partition coefficient (Wildman–Crippen LogP) is 3.57. The van der Waals surface area contributed by atoms with E-state index in [1.807, 2.05) is 0 Å². The molecule has 0 radical (unpaired) electrons. The van der Waals surface area contributed by atoms with Crippen molar-refractivity contribution in [3.05, 3.63) is 39.9 Å². The number of nitrogens with zero attached hydrogens (tertiary/aromatic N) is 3. The highest BCUT2D eigenvalue weighted by atomic mass is 35.5. The van der Waals surface area contributed by atoms with Crippen molar-refractivity contribution in [3.63, 3.8) is 0 Å². The highest BCUT2D eigenvalue weighted by Gasteiger charge is 2.32. The molecule has 2 heterocycles. The molecule has 2 amide bonds. The molecule has 0 aliphatic carbocycles. The van der Waals surface area contributed by atoms with Crippen LogP contribution in [0.1, 0.15) is 38.2 Å². The maximum absolute atomic E-state index is 12.7. The molecule has 0 bridgehead atoms. The van der Waals surface area contributed by atoms with Crippen LogP contribution in [0.4, 0.5) is 0 Å². The predicted molar refractivity (Wildman–Crippen MR) is 140 cm³/mol. The van der Waals surface area contributed by atoms with Gasteiger partial charge in [-0.1, -0.05) is 36.2 Å². The zero-order valence-corrected chi connectivity index (χ0v) is 22.2. The van der Waals surface area contributed by atoms with Gasteiger partial charge in [-0.3, -0.25) is 9.59 Å².